The SMILES string of the molecule is CCC(=O)Nc1ccc(C)n(CC(=O)N2CCCCC2)c1=O. The highest BCUT2D eigenvalue weighted by molar-refractivity contribution is 5.90. The average Bonchev–Trinajstić information content (AvgIpc) is 2.54. The minimum Gasteiger partial charge on any atom is -0.341 e. The summed E-state index contributed by atoms with van der Waals surface area (Å²) in [7, 11) is 0. The first-order valence-corrected chi connectivity index (χ1v) is 7.81. The molecule has 0 aliphatic carbocycles. The van der Waals surface area contributed by atoms with Crippen LogP contribution in [0.5, 0.6) is 0 Å². The van der Waals surface area contributed by atoms with Crippen molar-refractivity contribution in [2.45, 2.75) is 46.1 Å². The van der Waals surface area contributed by atoms with E-state index in [1.807, 2.05) is 4.90 Å². The Morgan fingerprint density at radius 3 is 2.50 bits per heavy atom. The molecule has 1 saturated heterocycles. The number of piperidine rings is 1. The maximum absolute atomic E-state index is 12.4. The number of carbonyl (C=O) groups is 2. The smallest absolute Gasteiger partial charge is 0.274 e. The molecule has 2 amide bonds. The van der Waals surface area contributed by atoms with E-state index < -0.39 is 0 Å². The first kappa shape index (κ1) is 16.3. The normalized spacial score (nSPS) is 14.7. The van der Waals surface area contributed by atoms with E-state index in [-0.39, 0.29) is 29.6 Å². The maximum atomic E-state index is 12.4. The molecule has 6 nitrogen and oxygen atoms in total. The van der Waals surface area contributed by atoms with Crippen LogP contribution in [0.4, 0.5) is 5.69 Å². The van der Waals surface area contributed by atoms with Gasteiger partial charge in [0.15, 0.2) is 0 Å². The molecule has 1 aromatic heterocycles. The third-order valence-corrected chi connectivity index (χ3v) is 3.99. The molecule has 2 rings (SSSR count). The van der Waals surface area contributed by atoms with Crippen LogP contribution in [0.3, 0.4) is 0 Å². The molecule has 120 valence electrons. The number of pyridine rings is 1. The summed E-state index contributed by atoms with van der Waals surface area (Å²) < 4.78 is 1.43. The molecule has 0 saturated carbocycles. The quantitative estimate of drug-likeness (QED) is 0.916. The van der Waals surface area contributed by atoms with Gasteiger partial charge in [0.1, 0.15) is 12.2 Å². The van der Waals surface area contributed by atoms with Crippen molar-refractivity contribution >= 4 is 17.5 Å². The monoisotopic (exact) mass is 305 g/mol. The predicted molar refractivity (Wildman–Crippen MR) is 84.8 cm³/mol. The highest BCUT2D eigenvalue weighted by atomic mass is 16.2. The summed E-state index contributed by atoms with van der Waals surface area (Å²) in [5.41, 5.74) is 0.612. The highest BCUT2D eigenvalue weighted by Gasteiger charge is 2.18. The summed E-state index contributed by atoms with van der Waals surface area (Å²) in [6, 6.07) is 3.34. The van der Waals surface area contributed by atoms with E-state index >= 15 is 0 Å². The molecule has 22 heavy (non-hydrogen) atoms. The Morgan fingerprint density at radius 2 is 1.86 bits per heavy atom. The molecule has 6 heteroatoms. The summed E-state index contributed by atoms with van der Waals surface area (Å²) in [4.78, 5) is 38.1. The van der Waals surface area contributed by atoms with Crippen molar-refractivity contribution in [2.75, 3.05) is 18.4 Å². The van der Waals surface area contributed by atoms with E-state index in [9.17, 15) is 14.4 Å². The van der Waals surface area contributed by atoms with Gasteiger partial charge in [0.25, 0.3) is 5.56 Å². The molecule has 0 atom stereocenters. The van der Waals surface area contributed by atoms with Crippen LogP contribution in [-0.2, 0) is 16.1 Å². The van der Waals surface area contributed by atoms with Crippen LogP contribution in [0.15, 0.2) is 16.9 Å². The first-order chi connectivity index (χ1) is 10.5. The van der Waals surface area contributed by atoms with Gasteiger partial charge in [-0.1, -0.05) is 6.92 Å². The van der Waals surface area contributed by atoms with Crippen LogP contribution >= 0.6 is 0 Å². The van der Waals surface area contributed by atoms with Gasteiger partial charge in [-0.15, -0.1) is 0 Å². The molecule has 1 aliphatic rings. The Hall–Kier alpha value is -2.11. The van der Waals surface area contributed by atoms with Gasteiger partial charge in [-0.2, -0.15) is 0 Å². The third-order valence-electron chi connectivity index (χ3n) is 3.99. The van der Waals surface area contributed by atoms with E-state index in [2.05, 4.69) is 5.32 Å². The fourth-order valence-electron chi connectivity index (χ4n) is 2.58. The molecule has 0 radical (unpaired) electrons. The number of nitrogens with zero attached hydrogens (tertiary/aromatic N) is 2. The van der Waals surface area contributed by atoms with E-state index in [1.165, 1.54) is 4.57 Å². The van der Waals surface area contributed by atoms with Crippen molar-refractivity contribution in [3.8, 4) is 0 Å². The number of nitrogens with one attached hydrogen (secondary N) is 1. The van der Waals surface area contributed by atoms with Gasteiger partial charge >= 0.3 is 0 Å². The Morgan fingerprint density at radius 1 is 1.18 bits per heavy atom. The van der Waals surface area contributed by atoms with Crippen molar-refractivity contribution in [3.63, 3.8) is 0 Å². The first-order valence-electron chi connectivity index (χ1n) is 7.81. The molecule has 2 heterocycles. The van der Waals surface area contributed by atoms with Crippen LogP contribution in [0.25, 0.3) is 0 Å². The van der Waals surface area contributed by atoms with Gasteiger partial charge in [0.05, 0.1) is 0 Å². The molecule has 0 aromatic carbocycles. The zero-order valence-corrected chi connectivity index (χ0v) is 13.2. The molecule has 0 unspecified atom stereocenters. The fourth-order valence-corrected chi connectivity index (χ4v) is 2.58. The fraction of sp³-hybridized carbons (Fsp3) is 0.562. The molecule has 0 bridgehead atoms. The second-order valence-corrected chi connectivity index (χ2v) is 5.62. The van der Waals surface area contributed by atoms with E-state index in [0.717, 1.165) is 32.4 Å². The van der Waals surface area contributed by atoms with Crippen LogP contribution in [0, 0.1) is 6.92 Å². The summed E-state index contributed by atoms with van der Waals surface area (Å²) in [5, 5.41) is 2.58. The minimum atomic E-state index is -0.327. The molecule has 1 N–H and O–H groups in total. The lowest BCUT2D eigenvalue weighted by atomic mass is 10.1. The van der Waals surface area contributed by atoms with Crippen molar-refractivity contribution < 1.29 is 9.59 Å². The number of amides is 2. The summed E-state index contributed by atoms with van der Waals surface area (Å²) in [6.45, 7) is 5.07. The largest absolute Gasteiger partial charge is 0.341 e. The molecule has 1 aromatic rings. The second kappa shape index (κ2) is 7.24. The summed E-state index contributed by atoms with van der Waals surface area (Å²) in [5.74, 6) is -0.251. The molecular weight excluding hydrogens is 282 g/mol. The lowest BCUT2D eigenvalue weighted by Gasteiger charge is -2.27. The van der Waals surface area contributed by atoms with Gasteiger partial charge in [-0.3, -0.25) is 14.4 Å². The van der Waals surface area contributed by atoms with Crippen LogP contribution < -0.4 is 10.9 Å². The Balaban J connectivity index is 2.19. The molecular formula is C16H23N3O3. The zero-order valence-electron chi connectivity index (χ0n) is 13.2. The van der Waals surface area contributed by atoms with Crippen LogP contribution in [0.1, 0.15) is 38.3 Å². The van der Waals surface area contributed by atoms with Crippen molar-refractivity contribution in [3.05, 3.63) is 28.2 Å². The van der Waals surface area contributed by atoms with Gasteiger partial charge in [-0.05, 0) is 38.3 Å². The van der Waals surface area contributed by atoms with E-state index in [1.54, 1.807) is 26.0 Å². The number of aromatic nitrogens is 1. The Bertz CT molecular complexity index is 616. The average molecular weight is 305 g/mol. The zero-order chi connectivity index (χ0) is 16.1. The lowest BCUT2D eigenvalue weighted by molar-refractivity contribution is -0.132. The number of rotatable bonds is 4. The minimum absolute atomic E-state index is 0.0283. The van der Waals surface area contributed by atoms with Gasteiger partial charge < -0.3 is 14.8 Å². The van der Waals surface area contributed by atoms with Gasteiger partial charge in [-0.25, -0.2) is 0 Å². The van der Waals surface area contributed by atoms with Crippen molar-refractivity contribution in [2.24, 2.45) is 0 Å². The number of aryl methyl sites for hydroxylation is 1. The number of likely N-dealkylation sites (tertiary alicyclic amines) is 1. The Kier molecular flexibility index (Phi) is 5.35. The number of anilines is 1. The molecule has 1 fully saturated rings. The number of hydrogen-bond acceptors (Lipinski definition) is 3. The third kappa shape index (κ3) is 3.75. The van der Waals surface area contributed by atoms with E-state index in [0.29, 0.717) is 12.1 Å². The van der Waals surface area contributed by atoms with Gasteiger partial charge in [0, 0.05) is 25.2 Å². The van der Waals surface area contributed by atoms with Gasteiger partial charge in [0.2, 0.25) is 11.8 Å². The lowest BCUT2D eigenvalue weighted by Crippen LogP contribution is -2.40. The Labute approximate surface area is 130 Å². The summed E-state index contributed by atoms with van der Waals surface area (Å²) in [6.07, 6.45) is 3.50. The number of hydrogen-bond donors (Lipinski definition) is 1. The highest BCUT2D eigenvalue weighted by Crippen LogP contribution is 2.10. The van der Waals surface area contributed by atoms with Crippen LogP contribution in [-0.4, -0.2) is 34.4 Å². The van der Waals surface area contributed by atoms with Crippen molar-refractivity contribution in [1.82, 2.24) is 9.47 Å². The van der Waals surface area contributed by atoms with Crippen molar-refractivity contribution in [1.29, 1.82) is 0 Å². The maximum Gasteiger partial charge on any atom is 0.274 e. The topological polar surface area (TPSA) is 71.4 Å². The molecule has 0 spiro atoms. The van der Waals surface area contributed by atoms with E-state index in [4.69, 9.17) is 0 Å². The summed E-state index contributed by atoms with van der Waals surface area (Å²) >= 11 is 0. The molecule has 1 aliphatic heterocycles. The predicted octanol–water partition coefficient (Wildman–Crippen LogP) is 1.52. The number of carbonyl (C=O) groups excluding carboxylic acids is 2. The second-order valence-electron chi connectivity index (χ2n) is 5.62. The standard InChI is InChI=1S/C16H23N3O3/c1-3-14(20)17-13-8-7-12(2)19(16(13)22)11-15(21)18-9-5-4-6-10-18/h7-8H,3-6,9-11H2,1-2H3,(H,17,20). The van der Waals surface area contributed by atoms with Crippen LogP contribution in [0.2, 0.25) is 0 Å².